The Kier molecular flexibility index (Phi) is 3.49. The molecule has 2 aromatic rings. The van der Waals surface area contributed by atoms with E-state index in [1.165, 1.54) is 0 Å². The minimum atomic E-state index is 0.321. The zero-order chi connectivity index (χ0) is 12.6. The van der Waals surface area contributed by atoms with Crippen molar-refractivity contribution in [3.8, 4) is 5.69 Å². The summed E-state index contributed by atoms with van der Waals surface area (Å²) in [7, 11) is 0. The fraction of sp³-hybridized carbons (Fsp3) is 0.333. The predicted octanol–water partition coefficient (Wildman–Crippen LogP) is 4.12. The first-order chi connectivity index (χ1) is 8.02. The van der Waals surface area contributed by atoms with Gasteiger partial charge in [0.2, 0.25) is 0 Å². The zero-order valence-corrected chi connectivity index (χ0v) is 12.4. The van der Waals surface area contributed by atoms with Gasteiger partial charge in [-0.25, -0.2) is 0 Å². The number of rotatable bonds is 2. The quantitative estimate of drug-likeness (QED) is 0.846. The van der Waals surface area contributed by atoms with E-state index in [2.05, 4.69) is 53.0 Å². The summed E-state index contributed by atoms with van der Waals surface area (Å²) in [6, 6.07) is 6.08. The minimum absolute atomic E-state index is 0.321. The van der Waals surface area contributed by atoms with Crippen LogP contribution in [0.5, 0.6) is 0 Å². The molecule has 90 valence electrons. The highest BCUT2D eigenvalue weighted by molar-refractivity contribution is 9.10. The highest BCUT2D eigenvalue weighted by Gasteiger charge is 2.13. The standard InChI is InChI=1S/C12H14BrN3S/c1-7(2)11-14-15-12(17)16(11)10-6-4-5-9(13)8(10)3/h4-7H,1-3H3,(H,15,17). The van der Waals surface area contributed by atoms with Crippen molar-refractivity contribution in [1.29, 1.82) is 0 Å². The SMILES string of the molecule is Cc1c(Br)cccc1-n1c(C(C)C)n[nH]c1=S. The summed E-state index contributed by atoms with van der Waals surface area (Å²) < 4.78 is 3.71. The molecule has 0 bridgehead atoms. The van der Waals surface area contributed by atoms with E-state index >= 15 is 0 Å². The molecule has 2 rings (SSSR count). The molecule has 1 aromatic carbocycles. The Morgan fingerprint density at radius 1 is 1.41 bits per heavy atom. The smallest absolute Gasteiger partial charge is 0.199 e. The molecule has 0 aliphatic rings. The Labute approximate surface area is 114 Å². The van der Waals surface area contributed by atoms with Crippen LogP contribution in [0, 0.1) is 11.7 Å². The first kappa shape index (κ1) is 12.5. The second-order valence-electron chi connectivity index (χ2n) is 4.26. The third kappa shape index (κ3) is 2.21. The van der Waals surface area contributed by atoms with Crippen molar-refractivity contribution < 1.29 is 0 Å². The first-order valence-electron chi connectivity index (χ1n) is 5.45. The molecule has 0 fully saturated rings. The first-order valence-corrected chi connectivity index (χ1v) is 6.65. The van der Waals surface area contributed by atoms with Crippen LogP contribution < -0.4 is 0 Å². The van der Waals surface area contributed by atoms with Crippen LogP contribution in [0.1, 0.15) is 31.2 Å². The van der Waals surface area contributed by atoms with Crippen LogP contribution in [0.2, 0.25) is 0 Å². The third-order valence-electron chi connectivity index (χ3n) is 2.69. The van der Waals surface area contributed by atoms with Crippen molar-refractivity contribution in [2.45, 2.75) is 26.7 Å². The van der Waals surface area contributed by atoms with Gasteiger partial charge in [0.15, 0.2) is 4.77 Å². The maximum absolute atomic E-state index is 5.31. The van der Waals surface area contributed by atoms with Crippen molar-refractivity contribution >= 4 is 28.1 Å². The molecule has 1 aromatic heterocycles. The second-order valence-corrected chi connectivity index (χ2v) is 5.50. The maximum Gasteiger partial charge on any atom is 0.199 e. The van der Waals surface area contributed by atoms with Crippen LogP contribution in [0.25, 0.3) is 5.69 Å². The zero-order valence-electron chi connectivity index (χ0n) is 9.99. The van der Waals surface area contributed by atoms with E-state index in [-0.39, 0.29) is 0 Å². The molecule has 1 heterocycles. The summed E-state index contributed by atoms with van der Waals surface area (Å²) in [6.45, 7) is 6.28. The number of aromatic nitrogens is 3. The average molecular weight is 312 g/mol. The molecule has 0 saturated heterocycles. The summed E-state index contributed by atoms with van der Waals surface area (Å²) in [6.07, 6.45) is 0. The Morgan fingerprint density at radius 2 is 2.12 bits per heavy atom. The van der Waals surface area contributed by atoms with Gasteiger partial charge in [-0.2, -0.15) is 5.10 Å². The molecule has 1 N–H and O–H groups in total. The van der Waals surface area contributed by atoms with Gasteiger partial charge in [0.05, 0.1) is 5.69 Å². The van der Waals surface area contributed by atoms with E-state index in [0.717, 1.165) is 21.5 Å². The molecule has 3 nitrogen and oxygen atoms in total. The summed E-state index contributed by atoms with van der Waals surface area (Å²) in [5.74, 6) is 1.28. The van der Waals surface area contributed by atoms with E-state index < -0.39 is 0 Å². The fourth-order valence-corrected chi connectivity index (χ4v) is 2.36. The van der Waals surface area contributed by atoms with Gasteiger partial charge in [0.1, 0.15) is 5.82 Å². The molecule has 0 spiro atoms. The van der Waals surface area contributed by atoms with Crippen LogP contribution in [0.15, 0.2) is 22.7 Å². The molecule has 5 heteroatoms. The third-order valence-corrected chi connectivity index (χ3v) is 3.83. The lowest BCUT2D eigenvalue weighted by atomic mass is 10.1. The molecule has 0 saturated carbocycles. The molecular formula is C12H14BrN3S. The van der Waals surface area contributed by atoms with E-state index in [1.54, 1.807) is 0 Å². The number of hydrogen-bond acceptors (Lipinski definition) is 2. The Balaban J connectivity index is 2.72. The Hall–Kier alpha value is -0.940. The molecular weight excluding hydrogens is 298 g/mol. The molecule has 0 aliphatic heterocycles. The molecule has 0 aliphatic carbocycles. The average Bonchev–Trinajstić information content (AvgIpc) is 2.65. The van der Waals surface area contributed by atoms with Gasteiger partial charge in [0, 0.05) is 10.4 Å². The second kappa shape index (κ2) is 4.74. The highest BCUT2D eigenvalue weighted by atomic mass is 79.9. The lowest BCUT2D eigenvalue weighted by Gasteiger charge is -2.12. The summed E-state index contributed by atoms with van der Waals surface area (Å²) >= 11 is 8.85. The predicted molar refractivity (Wildman–Crippen MR) is 75.3 cm³/mol. The van der Waals surface area contributed by atoms with Gasteiger partial charge < -0.3 is 0 Å². The van der Waals surface area contributed by atoms with E-state index in [0.29, 0.717) is 10.7 Å². The monoisotopic (exact) mass is 311 g/mol. The van der Waals surface area contributed by atoms with Crippen molar-refractivity contribution in [3.05, 3.63) is 38.8 Å². The largest absolute Gasteiger partial charge is 0.272 e. The van der Waals surface area contributed by atoms with Crippen LogP contribution in [0.3, 0.4) is 0 Å². The number of aromatic amines is 1. The molecule has 0 radical (unpaired) electrons. The van der Waals surface area contributed by atoms with Gasteiger partial charge in [0.25, 0.3) is 0 Å². The number of halogens is 1. The van der Waals surface area contributed by atoms with Crippen molar-refractivity contribution in [1.82, 2.24) is 14.8 Å². The molecule has 0 amide bonds. The van der Waals surface area contributed by atoms with Crippen molar-refractivity contribution in [2.75, 3.05) is 0 Å². The minimum Gasteiger partial charge on any atom is -0.272 e. The lowest BCUT2D eigenvalue weighted by Crippen LogP contribution is -2.05. The van der Waals surface area contributed by atoms with Gasteiger partial charge in [-0.15, -0.1) is 0 Å². The van der Waals surface area contributed by atoms with E-state index in [1.807, 2.05) is 16.7 Å². The van der Waals surface area contributed by atoms with Gasteiger partial charge in [-0.3, -0.25) is 9.67 Å². The summed E-state index contributed by atoms with van der Waals surface area (Å²) in [4.78, 5) is 0. The number of hydrogen-bond donors (Lipinski definition) is 1. The summed E-state index contributed by atoms with van der Waals surface area (Å²) in [5, 5.41) is 7.16. The van der Waals surface area contributed by atoms with Crippen LogP contribution >= 0.6 is 28.1 Å². The number of nitrogens with zero attached hydrogens (tertiary/aromatic N) is 2. The number of benzene rings is 1. The van der Waals surface area contributed by atoms with Crippen molar-refractivity contribution in [2.24, 2.45) is 0 Å². The Bertz CT molecular complexity index is 598. The van der Waals surface area contributed by atoms with E-state index in [4.69, 9.17) is 12.2 Å². The van der Waals surface area contributed by atoms with Crippen LogP contribution in [-0.4, -0.2) is 14.8 Å². The molecule has 0 unspecified atom stereocenters. The van der Waals surface area contributed by atoms with Gasteiger partial charge in [-0.1, -0.05) is 35.8 Å². The van der Waals surface area contributed by atoms with E-state index in [9.17, 15) is 0 Å². The number of H-pyrrole nitrogens is 1. The molecule has 17 heavy (non-hydrogen) atoms. The van der Waals surface area contributed by atoms with Crippen LogP contribution in [-0.2, 0) is 0 Å². The topological polar surface area (TPSA) is 33.6 Å². The maximum atomic E-state index is 5.31. The summed E-state index contributed by atoms with van der Waals surface area (Å²) in [5.41, 5.74) is 2.23. The van der Waals surface area contributed by atoms with Crippen LogP contribution in [0.4, 0.5) is 0 Å². The number of nitrogens with one attached hydrogen (secondary N) is 1. The lowest BCUT2D eigenvalue weighted by molar-refractivity contribution is 0.742. The Morgan fingerprint density at radius 3 is 2.76 bits per heavy atom. The van der Waals surface area contributed by atoms with Gasteiger partial charge in [-0.05, 0) is 36.8 Å². The molecule has 0 atom stereocenters. The fourth-order valence-electron chi connectivity index (χ4n) is 1.77. The highest BCUT2D eigenvalue weighted by Crippen LogP contribution is 2.25. The normalized spacial score (nSPS) is 11.1. The van der Waals surface area contributed by atoms with Gasteiger partial charge >= 0.3 is 0 Å². The van der Waals surface area contributed by atoms with Crippen molar-refractivity contribution in [3.63, 3.8) is 0 Å².